The van der Waals surface area contributed by atoms with E-state index in [2.05, 4.69) is 29.8 Å². The maximum absolute atomic E-state index is 13.4. The first-order valence-electron chi connectivity index (χ1n) is 10.4. The molecule has 0 aliphatic heterocycles. The maximum Gasteiger partial charge on any atom is 0.328 e. The molecule has 31 heavy (non-hydrogen) atoms. The lowest BCUT2D eigenvalue weighted by atomic mass is 10.1. The highest BCUT2D eigenvalue weighted by Gasteiger charge is 2.27. The Morgan fingerprint density at radius 2 is 1.68 bits per heavy atom. The van der Waals surface area contributed by atoms with Crippen LogP contribution in [0.3, 0.4) is 0 Å². The summed E-state index contributed by atoms with van der Waals surface area (Å²) in [6.07, 6.45) is 0. The van der Waals surface area contributed by atoms with Crippen molar-refractivity contribution in [1.29, 1.82) is 0 Å². The lowest BCUT2D eigenvalue weighted by Crippen LogP contribution is -2.30. The van der Waals surface area contributed by atoms with Gasteiger partial charge in [-0.2, -0.15) is 0 Å². The summed E-state index contributed by atoms with van der Waals surface area (Å²) in [5.74, 6) is -0.306. The molecule has 0 fully saturated rings. The van der Waals surface area contributed by atoms with E-state index in [0.29, 0.717) is 5.69 Å². The monoisotopic (exact) mass is 416 g/mol. The fraction of sp³-hybridized carbons (Fsp3) is 0.280. The zero-order valence-corrected chi connectivity index (χ0v) is 18.9. The summed E-state index contributed by atoms with van der Waals surface area (Å²) in [4.78, 5) is 28.1. The molecule has 6 heteroatoms. The minimum atomic E-state index is -0.306. The molecular formula is C25H28N4O2. The van der Waals surface area contributed by atoms with Crippen molar-refractivity contribution in [3.63, 3.8) is 0 Å². The van der Waals surface area contributed by atoms with E-state index in [1.165, 1.54) is 9.47 Å². The van der Waals surface area contributed by atoms with Crippen LogP contribution in [0.2, 0.25) is 0 Å². The summed E-state index contributed by atoms with van der Waals surface area (Å²) >= 11 is 0. The van der Waals surface area contributed by atoms with Gasteiger partial charge in [-0.05, 0) is 57.0 Å². The number of para-hydroxylation sites is 1. The number of amides is 2. The summed E-state index contributed by atoms with van der Waals surface area (Å²) in [6, 6.07) is 15.7. The predicted molar refractivity (Wildman–Crippen MR) is 126 cm³/mol. The van der Waals surface area contributed by atoms with Crippen molar-refractivity contribution in [1.82, 2.24) is 14.0 Å². The van der Waals surface area contributed by atoms with E-state index in [0.717, 1.165) is 38.8 Å². The van der Waals surface area contributed by atoms with Gasteiger partial charge >= 0.3 is 6.03 Å². The van der Waals surface area contributed by atoms with E-state index in [1.807, 2.05) is 56.3 Å². The van der Waals surface area contributed by atoms with Gasteiger partial charge in [0.15, 0.2) is 0 Å². The van der Waals surface area contributed by atoms with Crippen LogP contribution in [0.15, 0.2) is 48.5 Å². The molecule has 4 aromatic rings. The summed E-state index contributed by atoms with van der Waals surface area (Å²) in [5.41, 5.74) is 5.78. The molecule has 0 atom stereocenters. The topological polar surface area (TPSA) is 59.3 Å². The molecule has 0 radical (unpaired) electrons. The Bertz CT molecular complexity index is 1320. The molecule has 1 N–H and O–H groups in total. The predicted octanol–water partition coefficient (Wildman–Crippen LogP) is 5.58. The van der Waals surface area contributed by atoms with Gasteiger partial charge in [-0.1, -0.05) is 30.3 Å². The number of rotatable bonds is 3. The molecule has 2 aromatic heterocycles. The van der Waals surface area contributed by atoms with Crippen LogP contribution in [0.25, 0.3) is 21.9 Å². The van der Waals surface area contributed by atoms with Crippen molar-refractivity contribution in [2.24, 2.45) is 0 Å². The number of benzene rings is 2. The average Bonchev–Trinajstić information content (AvgIpc) is 3.24. The van der Waals surface area contributed by atoms with Gasteiger partial charge in [-0.3, -0.25) is 9.36 Å². The summed E-state index contributed by atoms with van der Waals surface area (Å²) < 4.78 is 3.72. The van der Waals surface area contributed by atoms with Crippen molar-refractivity contribution < 1.29 is 9.59 Å². The van der Waals surface area contributed by atoms with Gasteiger partial charge in [-0.25, -0.2) is 4.79 Å². The van der Waals surface area contributed by atoms with Crippen LogP contribution in [-0.4, -0.2) is 40.1 Å². The number of nitrogens with zero attached hydrogens (tertiary/aromatic N) is 3. The first-order valence-corrected chi connectivity index (χ1v) is 10.4. The molecule has 0 saturated carbocycles. The Kier molecular flexibility index (Phi) is 5.09. The summed E-state index contributed by atoms with van der Waals surface area (Å²) in [6.45, 7) is 8.15. The molecule has 0 bridgehead atoms. The van der Waals surface area contributed by atoms with Gasteiger partial charge in [0.05, 0.1) is 16.6 Å². The van der Waals surface area contributed by atoms with Gasteiger partial charge in [0.2, 0.25) is 0 Å². The van der Waals surface area contributed by atoms with Crippen molar-refractivity contribution >= 4 is 39.6 Å². The normalized spacial score (nSPS) is 11.5. The first kappa shape index (κ1) is 20.7. The van der Waals surface area contributed by atoms with E-state index in [-0.39, 0.29) is 18.0 Å². The number of anilines is 1. The lowest BCUT2D eigenvalue weighted by molar-refractivity contribution is 0.101. The molecule has 0 saturated heterocycles. The number of carbonyl (C=O) groups is 2. The smallest absolute Gasteiger partial charge is 0.328 e. The van der Waals surface area contributed by atoms with Crippen LogP contribution in [0, 0.1) is 13.8 Å². The second-order valence-corrected chi connectivity index (χ2v) is 8.53. The summed E-state index contributed by atoms with van der Waals surface area (Å²) in [5, 5.41) is 3.96. The van der Waals surface area contributed by atoms with Crippen LogP contribution >= 0.6 is 0 Å². The largest absolute Gasteiger partial charge is 0.337 e. The number of aromatic nitrogens is 2. The third-order valence-corrected chi connectivity index (χ3v) is 5.62. The maximum atomic E-state index is 13.4. The number of carbonyl (C=O) groups excluding carboxylic acids is 2. The van der Waals surface area contributed by atoms with E-state index in [1.54, 1.807) is 14.1 Å². The minimum absolute atomic E-state index is 0.169. The van der Waals surface area contributed by atoms with Gasteiger partial charge in [-0.15, -0.1) is 0 Å². The van der Waals surface area contributed by atoms with Crippen LogP contribution in [-0.2, 0) is 0 Å². The standard InChI is InChI=1S/C25H28N4O2/c1-15(2)28-20-10-8-7-9-18(20)23-21(28)14-22(29(23)25(31)27(5)6)24(30)26-19-13-16(3)11-12-17(19)4/h7-15H,1-6H3,(H,26,30). The fourth-order valence-corrected chi connectivity index (χ4v) is 4.13. The molecule has 4 rings (SSSR count). The second-order valence-electron chi connectivity index (χ2n) is 8.53. The molecule has 2 aromatic carbocycles. The lowest BCUT2D eigenvalue weighted by Gasteiger charge is -2.15. The highest BCUT2D eigenvalue weighted by atomic mass is 16.2. The number of hydrogen-bond acceptors (Lipinski definition) is 2. The van der Waals surface area contributed by atoms with Gasteiger partial charge in [0.25, 0.3) is 5.91 Å². The molecule has 0 unspecified atom stereocenters. The van der Waals surface area contributed by atoms with Gasteiger partial charge < -0.3 is 14.8 Å². The summed E-state index contributed by atoms with van der Waals surface area (Å²) in [7, 11) is 3.39. The zero-order valence-electron chi connectivity index (χ0n) is 18.9. The third-order valence-electron chi connectivity index (χ3n) is 5.62. The van der Waals surface area contributed by atoms with Gasteiger partial charge in [0, 0.05) is 31.2 Å². The molecule has 2 amide bonds. The van der Waals surface area contributed by atoms with E-state index < -0.39 is 0 Å². The van der Waals surface area contributed by atoms with Crippen LogP contribution < -0.4 is 5.32 Å². The van der Waals surface area contributed by atoms with E-state index >= 15 is 0 Å². The molecule has 0 aliphatic rings. The number of fused-ring (bicyclic) bond motifs is 3. The molecule has 6 nitrogen and oxygen atoms in total. The molecule has 160 valence electrons. The average molecular weight is 417 g/mol. The van der Waals surface area contributed by atoms with Crippen LogP contribution in [0.4, 0.5) is 10.5 Å². The number of aryl methyl sites for hydroxylation is 2. The minimum Gasteiger partial charge on any atom is -0.337 e. The highest BCUT2D eigenvalue weighted by Crippen LogP contribution is 2.34. The highest BCUT2D eigenvalue weighted by molar-refractivity contribution is 6.16. The fourth-order valence-electron chi connectivity index (χ4n) is 4.13. The quantitative estimate of drug-likeness (QED) is 0.474. The third kappa shape index (κ3) is 3.38. The van der Waals surface area contributed by atoms with Gasteiger partial charge in [0.1, 0.15) is 5.69 Å². The van der Waals surface area contributed by atoms with Crippen molar-refractivity contribution in [3.8, 4) is 0 Å². The Hall–Kier alpha value is -3.54. The Labute approximate surface area is 182 Å². The molecular weight excluding hydrogens is 388 g/mol. The molecule has 0 spiro atoms. The van der Waals surface area contributed by atoms with Crippen LogP contribution in [0.5, 0.6) is 0 Å². The zero-order chi connectivity index (χ0) is 22.4. The second kappa shape index (κ2) is 7.61. The van der Waals surface area contributed by atoms with Crippen molar-refractivity contribution in [2.75, 3.05) is 19.4 Å². The van der Waals surface area contributed by atoms with E-state index in [9.17, 15) is 9.59 Å². The first-order chi connectivity index (χ1) is 14.7. The number of nitrogens with one attached hydrogen (secondary N) is 1. The van der Waals surface area contributed by atoms with Crippen molar-refractivity contribution in [3.05, 3.63) is 65.4 Å². The SMILES string of the molecule is Cc1ccc(C)c(NC(=O)c2cc3c(c4ccccc4n3C(C)C)n2C(=O)N(C)C)c1. The number of hydrogen-bond donors (Lipinski definition) is 1. The Morgan fingerprint density at radius 1 is 0.968 bits per heavy atom. The Balaban J connectivity index is 1.98. The molecule has 2 heterocycles. The van der Waals surface area contributed by atoms with Crippen molar-refractivity contribution in [2.45, 2.75) is 33.7 Å². The molecule has 0 aliphatic carbocycles. The van der Waals surface area contributed by atoms with E-state index in [4.69, 9.17) is 0 Å². The van der Waals surface area contributed by atoms with Crippen LogP contribution in [0.1, 0.15) is 41.5 Å². The Morgan fingerprint density at radius 3 is 2.35 bits per heavy atom.